The molecule has 0 saturated heterocycles. The fourth-order valence-electron chi connectivity index (χ4n) is 1.62. The van der Waals surface area contributed by atoms with E-state index in [9.17, 15) is 10.1 Å². The number of nitrogens with one attached hydrogen (secondary N) is 2. The zero-order valence-corrected chi connectivity index (χ0v) is 13.5. The maximum atomic E-state index is 11.1. The van der Waals surface area contributed by atoms with Gasteiger partial charge in [0.15, 0.2) is 5.11 Å². The molecule has 0 bridgehead atoms. The van der Waals surface area contributed by atoms with Crippen LogP contribution in [0.1, 0.15) is 5.56 Å². The van der Waals surface area contributed by atoms with E-state index < -0.39 is 4.92 Å². The van der Waals surface area contributed by atoms with Gasteiger partial charge in [-0.3, -0.25) is 15.5 Å². The van der Waals surface area contributed by atoms with Crippen molar-refractivity contribution in [2.24, 2.45) is 5.10 Å². The van der Waals surface area contributed by atoms with Gasteiger partial charge in [0.25, 0.3) is 5.69 Å². The molecule has 0 atom stereocenters. The molecular weight excluding hydrogens is 306 g/mol. The lowest BCUT2D eigenvalue weighted by atomic mass is 10.2. The molecule has 1 aromatic carbocycles. The molecule has 0 spiro atoms. The molecule has 0 aliphatic carbocycles. The van der Waals surface area contributed by atoms with Gasteiger partial charge in [-0.1, -0.05) is 6.07 Å². The van der Waals surface area contributed by atoms with Crippen molar-refractivity contribution < 1.29 is 9.66 Å². The van der Waals surface area contributed by atoms with Gasteiger partial charge in [0.1, 0.15) is 5.69 Å². The molecule has 9 heteroatoms. The molecule has 1 rings (SSSR count). The van der Waals surface area contributed by atoms with E-state index in [2.05, 4.69) is 15.8 Å². The van der Waals surface area contributed by atoms with Crippen LogP contribution in [0.25, 0.3) is 0 Å². The lowest BCUT2D eigenvalue weighted by molar-refractivity contribution is -0.384. The number of nitro groups is 1. The lowest BCUT2D eigenvalue weighted by Crippen LogP contribution is -2.34. The number of anilines is 1. The highest BCUT2D eigenvalue weighted by molar-refractivity contribution is 7.80. The largest absolute Gasteiger partial charge is 0.383 e. The van der Waals surface area contributed by atoms with E-state index in [1.54, 1.807) is 38.2 Å². The minimum absolute atomic E-state index is 0.0229. The normalized spacial score (nSPS) is 10.5. The average molecular weight is 325 g/mol. The van der Waals surface area contributed by atoms with Gasteiger partial charge in [0.2, 0.25) is 0 Å². The third-order valence-corrected chi connectivity index (χ3v) is 2.89. The van der Waals surface area contributed by atoms with Gasteiger partial charge in [-0.15, -0.1) is 0 Å². The highest BCUT2D eigenvalue weighted by atomic mass is 32.1. The first-order chi connectivity index (χ1) is 10.5. The van der Waals surface area contributed by atoms with Gasteiger partial charge in [-0.05, 0) is 18.3 Å². The summed E-state index contributed by atoms with van der Waals surface area (Å²) in [5.74, 6) is 0. The molecule has 0 fully saturated rings. The van der Waals surface area contributed by atoms with Crippen LogP contribution in [-0.2, 0) is 4.74 Å². The van der Waals surface area contributed by atoms with Crippen LogP contribution in [0.4, 0.5) is 11.4 Å². The highest BCUT2D eigenvalue weighted by Gasteiger charge is 2.15. The number of rotatable bonds is 7. The molecule has 0 amide bonds. The molecule has 0 radical (unpaired) electrons. The smallest absolute Gasteiger partial charge is 0.293 e. The lowest BCUT2D eigenvalue weighted by Gasteiger charge is -2.12. The van der Waals surface area contributed by atoms with Gasteiger partial charge >= 0.3 is 0 Å². The first-order valence-electron chi connectivity index (χ1n) is 6.47. The Bertz CT molecular complexity index is 563. The van der Waals surface area contributed by atoms with Crippen molar-refractivity contribution in [3.8, 4) is 0 Å². The Morgan fingerprint density at radius 1 is 1.55 bits per heavy atom. The van der Waals surface area contributed by atoms with E-state index in [1.807, 2.05) is 0 Å². The number of ether oxygens (including phenoxy) is 1. The number of hydrazone groups is 1. The average Bonchev–Trinajstić information content (AvgIpc) is 2.47. The summed E-state index contributed by atoms with van der Waals surface area (Å²) in [7, 11) is 5.10. The minimum Gasteiger partial charge on any atom is -0.383 e. The van der Waals surface area contributed by atoms with Crippen molar-refractivity contribution in [3.63, 3.8) is 0 Å². The number of thiocarbonyl (C=S) groups is 1. The summed E-state index contributed by atoms with van der Waals surface area (Å²) in [6.07, 6.45) is 1.47. The van der Waals surface area contributed by atoms with Crippen LogP contribution < -0.4 is 15.6 Å². The van der Waals surface area contributed by atoms with Crippen LogP contribution in [0.5, 0.6) is 0 Å². The number of hydrogen-bond acceptors (Lipinski definition) is 6. The van der Waals surface area contributed by atoms with Crippen molar-refractivity contribution in [3.05, 3.63) is 33.9 Å². The van der Waals surface area contributed by atoms with Crippen LogP contribution in [0, 0.1) is 10.1 Å². The highest BCUT2D eigenvalue weighted by Crippen LogP contribution is 2.26. The van der Waals surface area contributed by atoms with Gasteiger partial charge in [-0.2, -0.15) is 5.10 Å². The molecule has 1 aromatic rings. The third kappa shape index (κ3) is 5.62. The Morgan fingerprint density at radius 3 is 2.86 bits per heavy atom. The molecule has 0 heterocycles. The molecular formula is C13H19N5O3S. The molecule has 0 saturated carbocycles. The molecule has 0 aromatic heterocycles. The first kappa shape index (κ1) is 17.8. The summed E-state index contributed by atoms with van der Waals surface area (Å²) >= 11 is 5.00. The van der Waals surface area contributed by atoms with Crippen molar-refractivity contribution in [2.45, 2.75) is 0 Å². The Balaban J connectivity index is 2.70. The van der Waals surface area contributed by atoms with Crippen LogP contribution in [-0.4, -0.2) is 50.6 Å². The molecule has 8 nitrogen and oxygen atoms in total. The fraction of sp³-hybridized carbons (Fsp3) is 0.385. The predicted molar refractivity (Wildman–Crippen MR) is 90.6 cm³/mol. The summed E-state index contributed by atoms with van der Waals surface area (Å²) in [5, 5.41) is 18.3. The van der Waals surface area contributed by atoms with Gasteiger partial charge in [-0.25, -0.2) is 0 Å². The number of nitro benzene ring substituents is 1. The summed E-state index contributed by atoms with van der Waals surface area (Å²) < 4.78 is 4.88. The Labute approximate surface area is 134 Å². The van der Waals surface area contributed by atoms with Crippen molar-refractivity contribution in [1.82, 2.24) is 10.7 Å². The molecule has 0 aliphatic heterocycles. The van der Waals surface area contributed by atoms with E-state index in [0.717, 1.165) is 0 Å². The third-order valence-electron chi connectivity index (χ3n) is 2.65. The van der Waals surface area contributed by atoms with Crippen molar-refractivity contribution in [2.75, 3.05) is 39.3 Å². The second kappa shape index (κ2) is 8.90. The number of methoxy groups -OCH3 is 1. The van der Waals surface area contributed by atoms with E-state index in [4.69, 9.17) is 17.0 Å². The van der Waals surface area contributed by atoms with Crippen molar-refractivity contribution >= 4 is 34.9 Å². The van der Waals surface area contributed by atoms with E-state index >= 15 is 0 Å². The number of benzene rings is 1. The Morgan fingerprint density at radius 2 is 2.27 bits per heavy atom. The molecule has 120 valence electrons. The van der Waals surface area contributed by atoms with E-state index in [1.165, 1.54) is 12.3 Å². The fourth-order valence-corrected chi connectivity index (χ4v) is 1.77. The predicted octanol–water partition coefficient (Wildman–Crippen LogP) is 1.11. The number of hydrogen-bond donors (Lipinski definition) is 2. The Kier molecular flexibility index (Phi) is 7.20. The van der Waals surface area contributed by atoms with E-state index in [-0.39, 0.29) is 5.69 Å². The molecule has 2 N–H and O–H groups in total. The molecule has 0 aliphatic rings. The first-order valence-corrected chi connectivity index (χ1v) is 6.88. The van der Waals surface area contributed by atoms with E-state index in [0.29, 0.717) is 29.5 Å². The van der Waals surface area contributed by atoms with Crippen LogP contribution in [0.15, 0.2) is 23.3 Å². The second-order valence-electron chi connectivity index (χ2n) is 4.52. The van der Waals surface area contributed by atoms with Crippen LogP contribution in [0.3, 0.4) is 0 Å². The second-order valence-corrected chi connectivity index (χ2v) is 4.93. The van der Waals surface area contributed by atoms with Gasteiger partial charge in [0, 0.05) is 39.4 Å². The van der Waals surface area contributed by atoms with Crippen molar-refractivity contribution in [1.29, 1.82) is 0 Å². The SMILES string of the molecule is COCCNC(=S)N/N=C\c1ccc(N(C)C)c([N+](=O)[O-])c1. The molecule has 0 unspecified atom stereocenters. The van der Waals surface area contributed by atoms with Crippen LogP contribution >= 0.6 is 12.2 Å². The quantitative estimate of drug-likeness (QED) is 0.255. The maximum absolute atomic E-state index is 11.1. The number of nitrogens with zero attached hydrogens (tertiary/aromatic N) is 3. The summed E-state index contributed by atoms with van der Waals surface area (Å²) in [5.41, 5.74) is 3.79. The standard InChI is InChI=1S/C13H19N5O3S/c1-17(2)11-5-4-10(8-12(11)18(19)20)9-15-16-13(22)14-6-7-21-3/h4-5,8-9H,6-7H2,1-3H3,(H2,14,16,22)/b15-9-. The zero-order valence-electron chi connectivity index (χ0n) is 12.7. The maximum Gasteiger partial charge on any atom is 0.293 e. The topological polar surface area (TPSA) is 92.0 Å². The summed E-state index contributed by atoms with van der Waals surface area (Å²) in [6.45, 7) is 1.10. The zero-order chi connectivity index (χ0) is 16.5. The van der Waals surface area contributed by atoms with Gasteiger partial charge < -0.3 is 15.0 Å². The minimum atomic E-state index is -0.420. The Hall–Kier alpha value is -2.26. The monoisotopic (exact) mass is 325 g/mol. The van der Waals surface area contributed by atoms with Crippen LogP contribution in [0.2, 0.25) is 0 Å². The summed E-state index contributed by atoms with van der Waals surface area (Å²) in [4.78, 5) is 12.4. The molecule has 22 heavy (non-hydrogen) atoms. The van der Waals surface area contributed by atoms with Gasteiger partial charge in [0.05, 0.1) is 17.7 Å². The summed E-state index contributed by atoms with van der Waals surface area (Å²) in [6, 6.07) is 4.88.